The Morgan fingerprint density at radius 3 is 2.24 bits per heavy atom. The van der Waals surface area contributed by atoms with Gasteiger partial charge in [0.1, 0.15) is 17.3 Å². The molecule has 0 atom stereocenters. The van der Waals surface area contributed by atoms with E-state index in [4.69, 9.17) is 15.2 Å². The molecule has 2 heterocycles. The first-order chi connectivity index (χ1) is 13.9. The monoisotopic (exact) mass is 391 g/mol. The number of anilines is 1. The molecule has 2 amide bonds. The maximum absolute atomic E-state index is 12.5. The molecule has 0 unspecified atom stereocenters. The fourth-order valence-corrected chi connectivity index (χ4v) is 3.37. The number of nitrogens with one attached hydrogen (secondary N) is 1. The van der Waals surface area contributed by atoms with Gasteiger partial charge in [-0.15, -0.1) is 0 Å². The van der Waals surface area contributed by atoms with Crippen LogP contribution < -0.4 is 26.1 Å². The maximum Gasteiger partial charge on any atom is 0.262 e. The lowest BCUT2D eigenvalue weighted by molar-refractivity contribution is 0.0880. The quantitative estimate of drug-likeness (QED) is 0.658. The van der Waals surface area contributed by atoms with E-state index in [9.17, 15) is 14.4 Å². The average molecular weight is 391 g/mol. The molecule has 0 radical (unpaired) electrons. The molecule has 0 fully saturated rings. The number of pyridine rings is 1. The Morgan fingerprint density at radius 1 is 0.862 bits per heavy atom. The highest BCUT2D eigenvalue weighted by Crippen LogP contribution is 2.34. The molecule has 8 nitrogen and oxygen atoms in total. The van der Waals surface area contributed by atoms with Crippen LogP contribution in [-0.4, -0.2) is 30.6 Å². The van der Waals surface area contributed by atoms with Crippen molar-refractivity contribution in [2.24, 2.45) is 0 Å². The Kier molecular flexibility index (Phi) is 4.31. The molecular formula is C21H17N3O5. The first-order valence-electron chi connectivity index (χ1n) is 8.68. The van der Waals surface area contributed by atoms with E-state index in [0.29, 0.717) is 17.2 Å². The SMILES string of the molecule is COc1ccc(-c2ccc(-n3c(N)c4c(cc3=O)C(=O)NC4=O)cc2)c(OC)c1. The summed E-state index contributed by atoms with van der Waals surface area (Å²) < 4.78 is 11.9. The minimum atomic E-state index is -0.622. The molecule has 0 saturated carbocycles. The van der Waals surface area contributed by atoms with Gasteiger partial charge in [0.05, 0.1) is 31.0 Å². The average Bonchev–Trinajstić information content (AvgIpc) is 3.01. The van der Waals surface area contributed by atoms with Gasteiger partial charge in [-0.05, 0) is 29.8 Å². The highest BCUT2D eigenvalue weighted by molar-refractivity contribution is 6.23. The van der Waals surface area contributed by atoms with Crippen LogP contribution in [0.1, 0.15) is 20.7 Å². The zero-order chi connectivity index (χ0) is 20.7. The van der Waals surface area contributed by atoms with Crippen LogP contribution in [0.5, 0.6) is 11.5 Å². The molecule has 1 aromatic heterocycles. The number of methoxy groups -OCH3 is 2. The molecule has 146 valence electrons. The summed E-state index contributed by atoms with van der Waals surface area (Å²) in [5, 5.41) is 2.15. The molecule has 29 heavy (non-hydrogen) atoms. The van der Waals surface area contributed by atoms with Gasteiger partial charge in [0, 0.05) is 17.7 Å². The summed E-state index contributed by atoms with van der Waals surface area (Å²) in [4.78, 5) is 36.3. The third-order valence-electron chi connectivity index (χ3n) is 4.80. The number of imide groups is 1. The number of hydrogen-bond acceptors (Lipinski definition) is 6. The van der Waals surface area contributed by atoms with Crippen LogP contribution in [-0.2, 0) is 0 Å². The molecule has 1 aliphatic heterocycles. The summed E-state index contributed by atoms with van der Waals surface area (Å²) >= 11 is 0. The number of carbonyl (C=O) groups excluding carboxylic acids is 2. The Balaban J connectivity index is 1.79. The van der Waals surface area contributed by atoms with Crippen LogP contribution in [0.3, 0.4) is 0 Å². The summed E-state index contributed by atoms with van der Waals surface area (Å²) in [6.45, 7) is 0. The van der Waals surface area contributed by atoms with Gasteiger partial charge in [-0.25, -0.2) is 0 Å². The van der Waals surface area contributed by atoms with Crippen molar-refractivity contribution in [1.82, 2.24) is 9.88 Å². The summed E-state index contributed by atoms with van der Waals surface area (Å²) in [5.41, 5.74) is 7.74. The zero-order valence-corrected chi connectivity index (χ0v) is 15.7. The van der Waals surface area contributed by atoms with Crippen molar-refractivity contribution in [3.05, 3.63) is 70.0 Å². The molecule has 0 bridgehead atoms. The number of carbonyl (C=O) groups is 2. The van der Waals surface area contributed by atoms with Crippen molar-refractivity contribution >= 4 is 17.6 Å². The second-order valence-corrected chi connectivity index (χ2v) is 6.39. The van der Waals surface area contributed by atoms with Gasteiger partial charge in [-0.3, -0.25) is 24.3 Å². The highest BCUT2D eigenvalue weighted by atomic mass is 16.5. The summed E-state index contributed by atoms with van der Waals surface area (Å²) in [7, 11) is 3.15. The number of rotatable bonds is 4. The number of hydrogen-bond donors (Lipinski definition) is 2. The van der Waals surface area contributed by atoms with Gasteiger partial charge < -0.3 is 15.2 Å². The van der Waals surface area contributed by atoms with Crippen LogP contribution in [0.15, 0.2) is 53.3 Å². The van der Waals surface area contributed by atoms with Crippen molar-refractivity contribution in [2.45, 2.75) is 0 Å². The normalized spacial score (nSPS) is 12.5. The molecule has 4 rings (SSSR count). The van der Waals surface area contributed by atoms with Gasteiger partial charge in [0.25, 0.3) is 17.4 Å². The topological polar surface area (TPSA) is 113 Å². The minimum absolute atomic E-state index is 0.00617. The Morgan fingerprint density at radius 2 is 1.59 bits per heavy atom. The van der Waals surface area contributed by atoms with Crippen molar-refractivity contribution in [2.75, 3.05) is 20.0 Å². The number of fused-ring (bicyclic) bond motifs is 1. The smallest absolute Gasteiger partial charge is 0.262 e. The highest BCUT2D eigenvalue weighted by Gasteiger charge is 2.31. The molecule has 8 heteroatoms. The van der Waals surface area contributed by atoms with E-state index in [1.165, 1.54) is 4.57 Å². The van der Waals surface area contributed by atoms with Crippen molar-refractivity contribution in [3.8, 4) is 28.3 Å². The zero-order valence-electron chi connectivity index (χ0n) is 15.7. The van der Waals surface area contributed by atoms with E-state index >= 15 is 0 Å². The standard InChI is InChI=1S/C21H17N3O5/c1-28-13-7-8-14(16(9-13)29-2)11-3-5-12(6-4-11)24-17(25)10-15-18(19(24)22)21(27)23-20(15)26/h3-10H,22H2,1-2H3,(H,23,26,27). The summed E-state index contributed by atoms with van der Waals surface area (Å²) in [6.07, 6.45) is 0. The predicted octanol–water partition coefficient (Wildman–Crippen LogP) is 1.99. The number of ether oxygens (including phenoxy) is 2. The summed E-state index contributed by atoms with van der Waals surface area (Å²) in [5.74, 6) is -0.00151. The number of nitrogen functional groups attached to an aromatic ring is 1. The van der Waals surface area contributed by atoms with Crippen molar-refractivity contribution in [1.29, 1.82) is 0 Å². The van der Waals surface area contributed by atoms with E-state index in [0.717, 1.165) is 17.2 Å². The largest absolute Gasteiger partial charge is 0.497 e. The first-order valence-corrected chi connectivity index (χ1v) is 8.68. The molecule has 0 aliphatic carbocycles. The Bertz CT molecular complexity index is 1210. The molecule has 0 spiro atoms. The third kappa shape index (κ3) is 2.91. The second-order valence-electron chi connectivity index (χ2n) is 6.39. The lowest BCUT2D eigenvalue weighted by Gasteiger charge is -2.14. The number of aromatic nitrogens is 1. The van der Waals surface area contributed by atoms with Crippen LogP contribution >= 0.6 is 0 Å². The first kappa shape index (κ1) is 18.3. The molecule has 2 aromatic carbocycles. The van der Waals surface area contributed by atoms with E-state index < -0.39 is 17.4 Å². The second kappa shape index (κ2) is 6.83. The molecule has 3 aromatic rings. The lowest BCUT2D eigenvalue weighted by atomic mass is 10.0. The predicted molar refractivity (Wildman–Crippen MR) is 107 cm³/mol. The van der Waals surface area contributed by atoms with Gasteiger partial charge in [0.2, 0.25) is 0 Å². The molecular weight excluding hydrogens is 374 g/mol. The number of nitrogens with two attached hydrogens (primary N) is 1. The van der Waals surface area contributed by atoms with E-state index in [-0.39, 0.29) is 16.9 Å². The Labute approximate surface area is 165 Å². The molecule has 1 aliphatic rings. The Hall–Kier alpha value is -4.07. The number of benzene rings is 2. The minimum Gasteiger partial charge on any atom is -0.497 e. The molecule has 0 saturated heterocycles. The van der Waals surface area contributed by atoms with Gasteiger partial charge >= 0.3 is 0 Å². The van der Waals surface area contributed by atoms with Crippen LogP contribution in [0.2, 0.25) is 0 Å². The van der Waals surface area contributed by atoms with Crippen molar-refractivity contribution in [3.63, 3.8) is 0 Å². The maximum atomic E-state index is 12.5. The summed E-state index contributed by atoms with van der Waals surface area (Å²) in [6, 6.07) is 13.6. The number of nitrogens with zero attached hydrogens (tertiary/aromatic N) is 1. The fraction of sp³-hybridized carbons (Fsp3) is 0.0952. The third-order valence-corrected chi connectivity index (χ3v) is 4.80. The van der Waals surface area contributed by atoms with Crippen LogP contribution in [0.4, 0.5) is 5.82 Å². The van der Waals surface area contributed by atoms with Crippen molar-refractivity contribution < 1.29 is 19.1 Å². The van der Waals surface area contributed by atoms with Crippen LogP contribution in [0.25, 0.3) is 16.8 Å². The van der Waals surface area contributed by atoms with Gasteiger partial charge in [-0.1, -0.05) is 12.1 Å². The van der Waals surface area contributed by atoms with Gasteiger partial charge in [0.15, 0.2) is 0 Å². The van der Waals surface area contributed by atoms with Gasteiger partial charge in [-0.2, -0.15) is 0 Å². The van der Waals surface area contributed by atoms with Crippen LogP contribution in [0, 0.1) is 0 Å². The fourth-order valence-electron chi connectivity index (χ4n) is 3.37. The number of amides is 2. The lowest BCUT2D eigenvalue weighted by Crippen LogP contribution is -2.24. The van der Waals surface area contributed by atoms with E-state index in [1.807, 2.05) is 24.3 Å². The van der Waals surface area contributed by atoms with E-state index in [2.05, 4.69) is 5.32 Å². The molecule has 3 N–H and O–H groups in total. The van der Waals surface area contributed by atoms with E-state index in [1.54, 1.807) is 32.4 Å².